The van der Waals surface area contributed by atoms with E-state index in [2.05, 4.69) is 15.0 Å². The first-order valence-electron chi connectivity index (χ1n) is 5.40. The number of nitrogens with zero attached hydrogens (tertiary/aromatic N) is 2. The van der Waals surface area contributed by atoms with Crippen LogP contribution < -0.4 is 0 Å². The Morgan fingerprint density at radius 1 is 1.50 bits per heavy atom. The van der Waals surface area contributed by atoms with Gasteiger partial charge >= 0.3 is 11.3 Å². The van der Waals surface area contributed by atoms with E-state index in [4.69, 9.17) is 4.42 Å². The maximum absolute atomic E-state index is 12.6. The van der Waals surface area contributed by atoms with E-state index in [0.717, 1.165) is 12.4 Å². The molecule has 10 heteroatoms. The Morgan fingerprint density at radius 2 is 2.20 bits per heavy atom. The van der Waals surface area contributed by atoms with Crippen molar-refractivity contribution in [2.45, 2.75) is 18.6 Å². The quantitative estimate of drug-likeness (QED) is 0.570. The molecule has 0 unspecified atom stereocenters. The van der Waals surface area contributed by atoms with Gasteiger partial charge in [0, 0.05) is 6.42 Å². The summed E-state index contributed by atoms with van der Waals surface area (Å²) in [5, 5.41) is 2.74. The molecule has 0 saturated heterocycles. The summed E-state index contributed by atoms with van der Waals surface area (Å²) in [4.78, 5) is 8.09. The van der Waals surface area contributed by atoms with Gasteiger partial charge in [0.1, 0.15) is 12.8 Å². The van der Waals surface area contributed by atoms with Crippen molar-refractivity contribution in [1.29, 1.82) is 0 Å². The Balaban J connectivity index is 2.76. The highest BCUT2D eigenvalue weighted by atomic mass is 32.2. The van der Waals surface area contributed by atoms with E-state index in [1.807, 2.05) is 0 Å². The van der Waals surface area contributed by atoms with Gasteiger partial charge in [-0.2, -0.15) is 8.78 Å². The van der Waals surface area contributed by atoms with Crippen LogP contribution in [-0.2, 0) is 14.7 Å². The normalized spacial score (nSPS) is 11.8. The number of oxazole rings is 1. The fourth-order valence-corrected chi connectivity index (χ4v) is 2.10. The average Bonchev–Trinajstić information content (AvgIpc) is 2.86. The topological polar surface area (TPSA) is 81.8 Å². The van der Waals surface area contributed by atoms with Crippen LogP contribution in [0.25, 0.3) is 0 Å². The fraction of sp³-hybridized carbons (Fsp3) is 0.400. The molecule has 0 N–H and O–H groups in total. The number of oxime groups is 1. The highest BCUT2D eigenvalue weighted by Crippen LogP contribution is 2.17. The molecule has 0 aromatic carbocycles. The maximum atomic E-state index is 12.6. The first-order valence-corrected chi connectivity index (χ1v) is 7.05. The summed E-state index contributed by atoms with van der Waals surface area (Å²) in [5.74, 6) is -2.65. The molecule has 0 fully saturated rings. The number of halogens is 3. The van der Waals surface area contributed by atoms with Crippen LogP contribution >= 0.6 is 0 Å². The number of aromatic nitrogens is 1. The van der Waals surface area contributed by atoms with Crippen LogP contribution in [0, 0.1) is 0 Å². The third kappa shape index (κ3) is 4.68. The van der Waals surface area contributed by atoms with Crippen LogP contribution in [0.2, 0.25) is 0 Å². The SMILES string of the molecule is CCON=Cc1cnc(S(=O)(=O)CCC(F)=C(F)F)o1. The van der Waals surface area contributed by atoms with Crippen LogP contribution in [0.4, 0.5) is 13.2 Å². The lowest BCUT2D eigenvalue weighted by atomic mass is 10.4. The van der Waals surface area contributed by atoms with Gasteiger partial charge in [0.25, 0.3) is 0 Å². The molecule has 0 aliphatic carbocycles. The van der Waals surface area contributed by atoms with Gasteiger partial charge in [-0.3, -0.25) is 0 Å². The average molecular weight is 312 g/mol. The van der Waals surface area contributed by atoms with Gasteiger partial charge in [-0.15, -0.1) is 0 Å². The molecular formula is C10H11F3N2O4S. The molecule has 20 heavy (non-hydrogen) atoms. The molecule has 0 atom stereocenters. The molecule has 1 rings (SSSR count). The first kappa shape index (κ1) is 16.2. The Labute approximate surface area is 112 Å². The Hall–Kier alpha value is -1.84. The van der Waals surface area contributed by atoms with E-state index in [1.165, 1.54) is 0 Å². The predicted octanol–water partition coefficient (Wildman–Crippen LogP) is 2.29. The van der Waals surface area contributed by atoms with E-state index < -0.39 is 39.1 Å². The summed E-state index contributed by atoms with van der Waals surface area (Å²) in [6.07, 6.45) is -1.33. The van der Waals surface area contributed by atoms with Crippen molar-refractivity contribution in [3.05, 3.63) is 23.9 Å². The monoisotopic (exact) mass is 312 g/mol. The van der Waals surface area contributed by atoms with Crippen molar-refractivity contribution in [1.82, 2.24) is 4.98 Å². The van der Waals surface area contributed by atoms with Crippen molar-refractivity contribution in [3.8, 4) is 0 Å². The molecule has 0 aliphatic rings. The predicted molar refractivity (Wildman–Crippen MR) is 62.7 cm³/mol. The second-order valence-electron chi connectivity index (χ2n) is 3.42. The largest absolute Gasteiger partial charge is 0.427 e. The molecule has 0 radical (unpaired) electrons. The third-order valence-electron chi connectivity index (χ3n) is 1.95. The molecular weight excluding hydrogens is 301 g/mol. The van der Waals surface area contributed by atoms with Crippen molar-refractivity contribution in [3.63, 3.8) is 0 Å². The van der Waals surface area contributed by atoms with E-state index in [1.54, 1.807) is 6.92 Å². The van der Waals surface area contributed by atoms with Gasteiger partial charge in [0.15, 0.2) is 11.6 Å². The summed E-state index contributed by atoms with van der Waals surface area (Å²) >= 11 is 0. The van der Waals surface area contributed by atoms with E-state index >= 15 is 0 Å². The molecule has 1 aromatic rings. The summed E-state index contributed by atoms with van der Waals surface area (Å²) in [6, 6.07) is 0. The maximum Gasteiger partial charge on any atom is 0.315 e. The molecule has 1 heterocycles. The van der Waals surface area contributed by atoms with Crippen LogP contribution in [-0.4, -0.2) is 32.0 Å². The van der Waals surface area contributed by atoms with Gasteiger partial charge in [-0.25, -0.2) is 17.8 Å². The lowest BCUT2D eigenvalue weighted by molar-refractivity contribution is 0.160. The second-order valence-corrected chi connectivity index (χ2v) is 5.40. The summed E-state index contributed by atoms with van der Waals surface area (Å²) in [5.41, 5.74) is 0. The number of rotatable bonds is 7. The zero-order valence-electron chi connectivity index (χ0n) is 10.3. The standard InChI is InChI=1S/C10H11F3N2O4S/c1-2-18-15-6-7-5-14-10(19-7)20(16,17)4-3-8(11)9(12)13/h5-6H,2-4H2,1H3. The van der Waals surface area contributed by atoms with Crippen molar-refractivity contribution in [2.75, 3.05) is 12.4 Å². The first-order chi connectivity index (χ1) is 9.36. The molecule has 0 bridgehead atoms. The lowest BCUT2D eigenvalue weighted by Crippen LogP contribution is -2.07. The van der Waals surface area contributed by atoms with Gasteiger partial charge in [0.2, 0.25) is 9.84 Å². The van der Waals surface area contributed by atoms with Crippen molar-refractivity contribution < 1.29 is 30.8 Å². The van der Waals surface area contributed by atoms with E-state index in [0.29, 0.717) is 6.61 Å². The summed E-state index contributed by atoms with van der Waals surface area (Å²) in [6.45, 7) is 2.01. The molecule has 0 aliphatic heterocycles. The van der Waals surface area contributed by atoms with Crippen LogP contribution in [0.15, 0.2) is 32.9 Å². The van der Waals surface area contributed by atoms with Crippen molar-refractivity contribution in [2.24, 2.45) is 5.16 Å². The molecule has 1 aromatic heterocycles. The lowest BCUT2D eigenvalue weighted by Gasteiger charge is -1.97. The molecule has 0 saturated carbocycles. The van der Waals surface area contributed by atoms with Crippen LogP contribution in [0.3, 0.4) is 0 Å². The zero-order valence-corrected chi connectivity index (χ0v) is 11.2. The van der Waals surface area contributed by atoms with Crippen LogP contribution in [0.5, 0.6) is 0 Å². The molecule has 0 amide bonds. The second kappa shape index (κ2) is 7.08. The van der Waals surface area contributed by atoms with E-state index in [9.17, 15) is 21.6 Å². The molecule has 112 valence electrons. The Morgan fingerprint density at radius 3 is 2.80 bits per heavy atom. The third-order valence-corrected chi connectivity index (χ3v) is 3.41. The zero-order chi connectivity index (χ0) is 15.2. The van der Waals surface area contributed by atoms with Gasteiger partial charge in [-0.1, -0.05) is 5.16 Å². The molecule has 0 spiro atoms. The van der Waals surface area contributed by atoms with Gasteiger partial charge in [0.05, 0.1) is 11.9 Å². The van der Waals surface area contributed by atoms with E-state index in [-0.39, 0.29) is 5.76 Å². The van der Waals surface area contributed by atoms with Gasteiger partial charge in [-0.05, 0) is 6.92 Å². The Bertz CT molecular complexity index is 606. The number of hydrogen-bond acceptors (Lipinski definition) is 6. The molecule has 6 nitrogen and oxygen atoms in total. The van der Waals surface area contributed by atoms with Crippen molar-refractivity contribution >= 4 is 16.1 Å². The summed E-state index contributed by atoms with van der Waals surface area (Å²) in [7, 11) is -4.09. The summed E-state index contributed by atoms with van der Waals surface area (Å²) < 4.78 is 64.3. The number of allylic oxidation sites excluding steroid dienone is 1. The Kier molecular flexibility index (Phi) is 5.74. The number of sulfone groups is 1. The van der Waals surface area contributed by atoms with Gasteiger partial charge < -0.3 is 9.25 Å². The number of hydrogen-bond donors (Lipinski definition) is 0. The minimum Gasteiger partial charge on any atom is -0.427 e. The minimum atomic E-state index is -4.09. The van der Waals surface area contributed by atoms with Crippen LogP contribution in [0.1, 0.15) is 19.1 Å². The highest BCUT2D eigenvalue weighted by Gasteiger charge is 2.22. The fourth-order valence-electron chi connectivity index (χ4n) is 1.04. The minimum absolute atomic E-state index is 0.00436. The smallest absolute Gasteiger partial charge is 0.315 e. The highest BCUT2D eigenvalue weighted by molar-refractivity contribution is 7.91.